The third-order valence-electron chi connectivity index (χ3n) is 2.20. The Morgan fingerprint density at radius 2 is 1.94 bits per heavy atom. The highest BCUT2D eigenvalue weighted by molar-refractivity contribution is 7.79. The van der Waals surface area contributed by atoms with Gasteiger partial charge in [0.25, 0.3) is 0 Å². The molecule has 4 nitrogen and oxygen atoms in total. The fraction of sp³-hybridized carbons (Fsp3) is 0.909. The minimum absolute atomic E-state index is 0.167. The molecule has 0 heterocycles. The fourth-order valence-electron chi connectivity index (χ4n) is 1.28. The molecule has 0 spiro atoms. The Morgan fingerprint density at radius 3 is 2.56 bits per heavy atom. The number of rotatable bonds is 10. The summed E-state index contributed by atoms with van der Waals surface area (Å²) in [6.45, 7) is 2.61. The maximum atomic E-state index is 11.2. The largest absolute Gasteiger partial charge is 0.772 e. The first kappa shape index (κ1) is 15.6. The molecule has 0 fully saturated rings. The van der Waals surface area contributed by atoms with Gasteiger partial charge in [-0.1, -0.05) is 37.3 Å². The minimum atomic E-state index is -1.95. The summed E-state index contributed by atoms with van der Waals surface area (Å²) in [5, 5.41) is 0. The maximum absolute atomic E-state index is 11.2. The van der Waals surface area contributed by atoms with E-state index in [0.29, 0.717) is 25.9 Å². The molecule has 0 aromatic rings. The fourth-order valence-corrected chi connectivity index (χ4v) is 1.72. The molecule has 0 aliphatic rings. The van der Waals surface area contributed by atoms with Crippen molar-refractivity contribution in [3.8, 4) is 0 Å². The van der Waals surface area contributed by atoms with Crippen LogP contribution < -0.4 is 0 Å². The molecule has 0 bridgehead atoms. The quantitative estimate of drug-likeness (QED) is 0.338. The molecule has 0 saturated carbocycles. The standard InChI is InChI=1S/C11H22O4S/c1-2-3-6-9-15-11(12)8-5-4-7-10-16(13)14/h2-10H2,1H3,(H,13,14)/p-1. The number of ether oxygens (including phenoxy) is 1. The minimum Gasteiger partial charge on any atom is -0.772 e. The van der Waals surface area contributed by atoms with Gasteiger partial charge in [-0.3, -0.25) is 9.00 Å². The van der Waals surface area contributed by atoms with Crippen molar-refractivity contribution < 1.29 is 18.3 Å². The molecule has 0 amide bonds. The Kier molecular flexibility index (Phi) is 10.8. The Balaban J connectivity index is 3.20. The lowest BCUT2D eigenvalue weighted by Gasteiger charge is -2.05. The van der Waals surface area contributed by atoms with Crippen LogP contribution in [0.25, 0.3) is 0 Å². The molecular formula is C11H21O4S-. The molecule has 0 aliphatic carbocycles. The average Bonchev–Trinajstić information content (AvgIpc) is 2.23. The van der Waals surface area contributed by atoms with Crippen LogP contribution in [0.3, 0.4) is 0 Å². The highest BCUT2D eigenvalue weighted by Gasteiger charge is 2.01. The number of hydrogen-bond acceptors (Lipinski definition) is 4. The second-order valence-electron chi connectivity index (χ2n) is 3.75. The van der Waals surface area contributed by atoms with E-state index in [0.717, 1.165) is 25.7 Å². The van der Waals surface area contributed by atoms with Crippen molar-refractivity contribution in [2.75, 3.05) is 12.4 Å². The number of carbonyl (C=O) groups is 1. The second-order valence-corrected chi connectivity index (χ2v) is 4.76. The molecule has 0 aliphatic heterocycles. The van der Waals surface area contributed by atoms with Gasteiger partial charge in [0.1, 0.15) is 0 Å². The predicted molar refractivity (Wildman–Crippen MR) is 62.7 cm³/mol. The Labute approximate surface area is 100 Å². The molecule has 1 atom stereocenters. The van der Waals surface area contributed by atoms with E-state index in [9.17, 15) is 13.6 Å². The zero-order valence-electron chi connectivity index (χ0n) is 9.91. The summed E-state index contributed by atoms with van der Waals surface area (Å²) in [5.41, 5.74) is 0. The Bertz CT molecular complexity index is 206. The van der Waals surface area contributed by atoms with Gasteiger partial charge in [-0.25, -0.2) is 0 Å². The van der Waals surface area contributed by atoms with Crippen molar-refractivity contribution in [1.82, 2.24) is 0 Å². The number of unbranched alkanes of at least 4 members (excludes halogenated alkanes) is 4. The van der Waals surface area contributed by atoms with Gasteiger partial charge < -0.3 is 9.29 Å². The first-order chi connectivity index (χ1) is 7.66. The SMILES string of the molecule is CCCCCOC(=O)CCCCCS(=O)[O-]. The molecule has 0 rings (SSSR count). The lowest BCUT2D eigenvalue weighted by atomic mass is 10.2. The smallest absolute Gasteiger partial charge is 0.305 e. The van der Waals surface area contributed by atoms with Gasteiger partial charge >= 0.3 is 5.97 Å². The van der Waals surface area contributed by atoms with Crippen LogP contribution in [0.5, 0.6) is 0 Å². The summed E-state index contributed by atoms with van der Waals surface area (Å²) in [6, 6.07) is 0. The first-order valence-electron chi connectivity index (χ1n) is 5.88. The van der Waals surface area contributed by atoms with Crippen molar-refractivity contribution in [3.63, 3.8) is 0 Å². The average molecular weight is 249 g/mol. The van der Waals surface area contributed by atoms with Crippen molar-refractivity contribution in [3.05, 3.63) is 0 Å². The van der Waals surface area contributed by atoms with Gasteiger partial charge in [-0.15, -0.1) is 0 Å². The molecule has 5 heteroatoms. The monoisotopic (exact) mass is 249 g/mol. The third-order valence-corrected chi connectivity index (χ3v) is 2.82. The predicted octanol–water partition coefficient (Wildman–Crippen LogP) is 2.16. The van der Waals surface area contributed by atoms with Gasteiger partial charge in [0.05, 0.1) is 6.61 Å². The molecule has 16 heavy (non-hydrogen) atoms. The first-order valence-corrected chi connectivity index (χ1v) is 7.12. The highest BCUT2D eigenvalue weighted by Crippen LogP contribution is 2.03. The van der Waals surface area contributed by atoms with Crippen LogP contribution in [0.2, 0.25) is 0 Å². The van der Waals surface area contributed by atoms with E-state index in [1.165, 1.54) is 0 Å². The van der Waals surface area contributed by atoms with Gasteiger partial charge in [-0.2, -0.15) is 0 Å². The van der Waals surface area contributed by atoms with Gasteiger partial charge in [-0.05, 0) is 19.3 Å². The van der Waals surface area contributed by atoms with Crippen molar-refractivity contribution in [2.24, 2.45) is 0 Å². The second kappa shape index (κ2) is 11.1. The Hall–Kier alpha value is -0.420. The summed E-state index contributed by atoms with van der Waals surface area (Å²) in [5.74, 6) is 0.0188. The molecule has 0 aromatic heterocycles. The van der Waals surface area contributed by atoms with Gasteiger partial charge in [0.2, 0.25) is 0 Å². The van der Waals surface area contributed by atoms with Crippen LogP contribution in [-0.4, -0.2) is 27.1 Å². The lowest BCUT2D eigenvalue weighted by molar-refractivity contribution is -0.143. The van der Waals surface area contributed by atoms with Crippen LogP contribution in [-0.2, 0) is 20.6 Å². The van der Waals surface area contributed by atoms with Crippen molar-refractivity contribution in [2.45, 2.75) is 51.9 Å². The van der Waals surface area contributed by atoms with E-state index >= 15 is 0 Å². The van der Waals surface area contributed by atoms with Crippen LogP contribution in [0, 0.1) is 0 Å². The number of hydrogen-bond donors (Lipinski definition) is 0. The van der Waals surface area contributed by atoms with Crippen LogP contribution in [0.4, 0.5) is 0 Å². The normalized spacial score (nSPS) is 12.4. The van der Waals surface area contributed by atoms with E-state index in [1.807, 2.05) is 0 Å². The molecule has 1 unspecified atom stereocenters. The van der Waals surface area contributed by atoms with Crippen molar-refractivity contribution in [1.29, 1.82) is 0 Å². The molecule has 0 radical (unpaired) electrons. The summed E-state index contributed by atoms with van der Waals surface area (Å²) < 4.78 is 25.4. The molecule has 96 valence electrons. The topological polar surface area (TPSA) is 66.4 Å². The Morgan fingerprint density at radius 1 is 1.19 bits per heavy atom. The zero-order chi connectivity index (χ0) is 12.2. The molecule has 0 saturated heterocycles. The molecule has 0 aromatic carbocycles. The highest BCUT2D eigenvalue weighted by atomic mass is 32.2. The van der Waals surface area contributed by atoms with Crippen LogP contribution in [0.1, 0.15) is 51.9 Å². The summed E-state index contributed by atoms with van der Waals surface area (Å²) in [7, 11) is 0. The number of carbonyl (C=O) groups excluding carboxylic acids is 1. The van der Waals surface area contributed by atoms with E-state index in [4.69, 9.17) is 4.74 Å². The van der Waals surface area contributed by atoms with Crippen LogP contribution >= 0.6 is 0 Å². The van der Waals surface area contributed by atoms with Crippen molar-refractivity contribution >= 4 is 17.0 Å². The van der Waals surface area contributed by atoms with E-state index in [1.54, 1.807) is 0 Å². The van der Waals surface area contributed by atoms with Gasteiger partial charge in [0, 0.05) is 12.2 Å². The maximum Gasteiger partial charge on any atom is 0.305 e. The van der Waals surface area contributed by atoms with Crippen LogP contribution in [0.15, 0.2) is 0 Å². The lowest BCUT2D eigenvalue weighted by Crippen LogP contribution is -2.05. The third kappa shape index (κ3) is 11.7. The van der Waals surface area contributed by atoms with E-state index in [2.05, 4.69) is 6.92 Å². The van der Waals surface area contributed by atoms with E-state index < -0.39 is 11.1 Å². The zero-order valence-corrected chi connectivity index (χ0v) is 10.7. The summed E-state index contributed by atoms with van der Waals surface area (Å²) in [6.07, 6.45) is 5.63. The number of esters is 1. The summed E-state index contributed by atoms with van der Waals surface area (Å²) in [4.78, 5) is 11.2. The van der Waals surface area contributed by atoms with E-state index in [-0.39, 0.29) is 11.7 Å². The molecular weight excluding hydrogens is 228 g/mol. The molecule has 0 N–H and O–H groups in total. The van der Waals surface area contributed by atoms with Gasteiger partial charge in [0.15, 0.2) is 0 Å². The summed E-state index contributed by atoms with van der Waals surface area (Å²) >= 11 is -1.95.